The van der Waals surface area contributed by atoms with Crippen molar-refractivity contribution in [2.45, 2.75) is 38.2 Å². The topological polar surface area (TPSA) is 44.8 Å². The average Bonchev–Trinajstić information content (AvgIpc) is 2.96. The van der Waals surface area contributed by atoms with E-state index in [1.165, 1.54) is 0 Å². The second kappa shape index (κ2) is 5.44. The lowest BCUT2D eigenvalue weighted by Gasteiger charge is -2.28. The quantitative estimate of drug-likeness (QED) is 0.793. The van der Waals surface area contributed by atoms with Crippen LogP contribution in [0.2, 0.25) is 0 Å². The molecule has 1 saturated carbocycles. The molecule has 0 aromatic heterocycles. The van der Waals surface area contributed by atoms with Gasteiger partial charge in [-0.3, -0.25) is 4.79 Å². The molecule has 1 fully saturated rings. The van der Waals surface area contributed by atoms with E-state index >= 15 is 0 Å². The maximum absolute atomic E-state index is 12.8. The van der Waals surface area contributed by atoms with E-state index in [2.05, 4.69) is 0 Å². The maximum atomic E-state index is 12.8. The van der Waals surface area contributed by atoms with Gasteiger partial charge >= 0.3 is 0 Å². The molecule has 0 N–H and O–H groups in total. The van der Waals surface area contributed by atoms with E-state index in [1.807, 2.05) is 19.1 Å². The number of benzene rings is 1. The van der Waals surface area contributed by atoms with E-state index in [-0.39, 0.29) is 5.78 Å². The number of rotatable bonds is 4. The number of ether oxygens (including phenoxy) is 3. The monoisotopic (exact) mass is 276 g/mol. The molecule has 1 aromatic rings. The molecular formula is C16H20O4. The molecule has 0 bridgehead atoms. The van der Waals surface area contributed by atoms with Crippen molar-refractivity contribution in [3.05, 3.63) is 23.8 Å². The predicted octanol–water partition coefficient (Wildman–Crippen LogP) is 2.99. The van der Waals surface area contributed by atoms with Gasteiger partial charge in [0.1, 0.15) is 18.8 Å². The van der Waals surface area contributed by atoms with Crippen LogP contribution in [0.1, 0.15) is 43.0 Å². The Bertz CT molecular complexity index is 503. The Kier molecular flexibility index (Phi) is 3.66. The van der Waals surface area contributed by atoms with Crippen LogP contribution in [0.25, 0.3) is 0 Å². The summed E-state index contributed by atoms with van der Waals surface area (Å²) in [5.41, 5.74) is 0.0306. The highest BCUT2D eigenvalue weighted by atomic mass is 16.6. The van der Waals surface area contributed by atoms with Gasteiger partial charge in [0.2, 0.25) is 0 Å². The fraction of sp³-hybridized carbons (Fsp3) is 0.562. The van der Waals surface area contributed by atoms with Crippen LogP contribution in [0, 0.1) is 0 Å². The Balaban J connectivity index is 1.89. The Morgan fingerprint density at radius 3 is 2.60 bits per heavy atom. The zero-order chi connectivity index (χ0) is 14.0. The van der Waals surface area contributed by atoms with Gasteiger partial charge < -0.3 is 14.2 Å². The lowest BCUT2D eigenvalue weighted by atomic mass is 9.90. The molecule has 20 heavy (non-hydrogen) atoms. The number of Topliss-reactive ketones (excluding diaryl/α,β-unsaturated/α-hetero) is 1. The predicted molar refractivity (Wildman–Crippen MR) is 74.6 cm³/mol. The summed E-state index contributed by atoms with van der Waals surface area (Å²) in [7, 11) is 0. The van der Waals surface area contributed by atoms with Crippen molar-refractivity contribution in [2.24, 2.45) is 0 Å². The van der Waals surface area contributed by atoms with Crippen molar-refractivity contribution in [3.63, 3.8) is 0 Å². The molecule has 4 heteroatoms. The van der Waals surface area contributed by atoms with Crippen molar-refractivity contribution in [3.8, 4) is 11.5 Å². The van der Waals surface area contributed by atoms with Gasteiger partial charge in [0.15, 0.2) is 17.3 Å². The summed E-state index contributed by atoms with van der Waals surface area (Å²) >= 11 is 0. The summed E-state index contributed by atoms with van der Waals surface area (Å²) in [5, 5.41) is 0. The maximum Gasteiger partial charge on any atom is 0.194 e. The Hall–Kier alpha value is -1.55. The van der Waals surface area contributed by atoms with Gasteiger partial charge in [-0.1, -0.05) is 0 Å². The normalized spacial score (nSPS) is 19.9. The lowest BCUT2D eigenvalue weighted by Crippen LogP contribution is -2.39. The standard InChI is InChI=1S/C16H20O4/c1-2-20-16(7-3-4-8-16)15(17)12-5-6-13-14(11-12)19-10-9-18-13/h5-6,11H,2-4,7-10H2,1H3. The van der Waals surface area contributed by atoms with Crippen LogP contribution >= 0.6 is 0 Å². The van der Waals surface area contributed by atoms with E-state index in [0.717, 1.165) is 25.7 Å². The first-order chi connectivity index (χ1) is 9.75. The summed E-state index contributed by atoms with van der Waals surface area (Å²) in [4.78, 5) is 12.8. The van der Waals surface area contributed by atoms with Crippen LogP contribution in [0.4, 0.5) is 0 Å². The summed E-state index contributed by atoms with van der Waals surface area (Å²) in [6.07, 6.45) is 3.73. The highest BCUT2D eigenvalue weighted by molar-refractivity contribution is 6.03. The fourth-order valence-corrected chi connectivity index (χ4v) is 3.11. The summed E-state index contributed by atoms with van der Waals surface area (Å²) in [6.45, 7) is 3.60. The van der Waals surface area contributed by atoms with Crippen LogP contribution < -0.4 is 9.47 Å². The van der Waals surface area contributed by atoms with Crippen LogP contribution in [0.5, 0.6) is 11.5 Å². The minimum atomic E-state index is -0.626. The lowest BCUT2D eigenvalue weighted by molar-refractivity contribution is -0.0164. The smallest absolute Gasteiger partial charge is 0.194 e. The molecule has 0 atom stereocenters. The second-order valence-corrected chi connectivity index (χ2v) is 5.32. The largest absolute Gasteiger partial charge is 0.486 e. The van der Waals surface area contributed by atoms with Crippen molar-refractivity contribution in [1.82, 2.24) is 0 Å². The highest BCUT2D eigenvalue weighted by Gasteiger charge is 2.42. The number of carbonyl (C=O) groups excluding carboxylic acids is 1. The second-order valence-electron chi connectivity index (χ2n) is 5.32. The summed E-state index contributed by atoms with van der Waals surface area (Å²) in [5.74, 6) is 1.45. The van der Waals surface area contributed by atoms with Gasteiger partial charge in [-0.25, -0.2) is 0 Å². The molecule has 1 heterocycles. The summed E-state index contributed by atoms with van der Waals surface area (Å²) in [6, 6.07) is 5.42. The van der Waals surface area contributed by atoms with Crippen LogP contribution in [0.15, 0.2) is 18.2 Å². The molecule has 1 aliphatic heterocycles. The molecule has 0 unspecified atom stereocenters. The van der Waals surface area contributed by atoms with Crippen LogP contribution in [0.3, 0.4) is 0 Å². The third-order valence-corrected chi connectivity index (χ3v) is 4.05. The Labute approximate surface area is 119 Å². The number of carbonyl (C=O) groups is 1. The molecule has 108 valence electrons. The van der Waals surface area contributed by atoms with Crippen LogP contribution in [-0.4, -0.2) is 31.2 Å². The van der Waals surface area contributed by atoms with Crippen molar-refractivity contribution >= 4 is 5.78 Å². The first-order valence-electron chi connectivity index (χ1n) is 7.33. The third-order valence-electron chi connectivity index (χ3n) is 4.05. The van der Waals surface area contributed by atoms with Crippen LogP contribution in [-0.2, 0) is 4.74 Å². The molecule has 0 saturated heterocycles. The summed E-state index contributed by atoms with van der Waals surface area (Å²) < 4.78 is 16.9. The van der Waals surface area contributed by atoms with E-state index in [1.54, 1.807) is 6.07 Å². The van der Waals surface area contributed by atoms with E-state index in [9.17, 15) is 4.79 Å². The molecule has 0 radical (unpaired) electrons. The third kappa shape index (κ3) is 2.29. The molecule has 0 spiro atoms. The molecule has 2 aliphatic rings. The van der Waals surface area contributed by atoms with Gasteiger partial charge in [-0.15, -0.1) is 0 Å². The van der Waals surface area contributed by atoms with Gasteiger partial charge in [0.25, 0.3) is 0 Å². The van der Waals surface area contributed by atoms with Gasteiger partial charge in [0, 0.05) is 12.2 Å². The number of fused-ring (bicyclic) bond motifs is 1. The number of hydrogen-bond donors (Lipinski definition) is 0. The first kappa shape index (κ1) is 13.4. The van der Waals surface area contributed by atoms with Gasteiger partial charge in [-0.05, 0) is 50.8 Å². The molecular weight excluding hydrogens is 256 g/mol. The number of ketones is 1. The zero-order valence-corrected chi connectivity index (χ0v) is 11.8. The van der Waals surface area contributed by atoms with E-state index in [0.29, 0.717) is 36.9 Å². The molecule has 0 amide bonds. The molecule has 1 aromatic carbocycles. The minimum absolute atomic E-state index is 0.0776. The fourth-order valence-electron chi connectivity index (χ4n) is 3.11. The molecule has 4 nitrogen and oxygen atoms in total. The minimum Gasteiger partial charge on any atom is -0.486 e. The van der Waals surface area contributed by atoms with Gasteiger partial charge in [-0.2, -0.15) is 0 Å². The Morgan fingerprint density at radius 2 is 1.90 bits per heavy atom. The first-order valence-corrected chi connectivity index (χ1v) is 7.33. The SMILES string of the molecule is CCOC1(C(=O)c2ccc3c(c2)OCCO3)CCCC1. The molecule has 1 aliphatic carbocycles. The van der Waals surface area contributed by atoms with Gasteiger partial charge in [0.05, 0.1) is 0 Å². The highest BCUT2D eigenvalue weighted by Crippen LogP contribution is 2.38. The van der Waals surface area contributed by atoms with Crippen molar-refractivity contribution < 1.29 is 19.0 Å². The van der Waals surface area contributed by atoms with E-state index in [4.69, 9.17) is 14.2 Å². The average molecular weight is 276 g/mol. The molecule has 3 rings (SSSR count). The Morgan fingerprint density at radius 1 is 1.20 bits per heavy atom. The van der Waals surface area contributed by atoms with Crippen molar-refractivity contribution in [2.75, 3.05) is 19.8 Å². The zero-order valence-electron chi connectivity index (χ0n) is 11.8. The number of hydrogen-bond acceptors (Lipinski definition) is 4. The van der Waals surface area contributed by atoms with E-state index < -0.39 is 5.60 Å². The van der Waals surface area contributed by atoms with Crippen molar-refractivity contribution in [1.29, 1.82) is 0 Å².